The topological polar surface area (TPSA) is 105 Å². The maximum atomic E-state index is 13.1. The number of carbonyl (C=O) groups is 3. The summed E-state index contributed by atoms with van der Waals surface area (Å²) >= 11 is 5.14. The van der Waals surface area contributed by atoms with Crippen molar-refractivity contribution in [2.75, 3.05) is 18.6 Å². The molecule has 0 aliphatic carbocycles. The zero-order valence-corrected chi connectivity index (χ0v) is 17.3. The summed E-state index contributed by atoms with van der Waals surface area (Å²) in [6, 6.07) is 10.6. The van der Waals surface area contributed by atoms with Crippen molar-refractivity contribution in [3.8, 4) is 11.5 Å². The maximum absolute atomic E-state index is 13.1. The molecule has 0 saturated carbocycles. The van der Waals surface area contributed by atoms with Crippen LogP contribution in [0.2, 0.25) is 0 Å². The van der Waals surface area contributed by atoms with E-state index in [-0.39, 0.29) is 21.9 Å². The lowest BCUT2D eigenvalue weighted by molar-refractivity contribution is -0.122. The number of methoxy groups -OCH3 is 1. The number of carbonyl (C=O) groups excluding carboxylic acids is 2. The molecule has 0 unspecified atom stereocenters. The van der Waals surface area contributed by atoms with Crippen molar-refractivity contribution in [3.05, 3.63) is 71.8 Å². The summed E-state index contributed by atoms with van der Waals surface area (Å²) in [4.78, 5) is 37.9. The number of amides is 2. The Morgan fingerprint density at radius 1 is 1.23 bits per heavy atom. The van der Waals surface area contributed by atoms with E-state index >= 15 is 0 Å². The number of thiocarbonyl (C=S) groups is 1. The Labute approximate surface area is 183 Å². The molecular formula is C22H18N2O6S. The zero-order valence-electron chi connectivity index (χ0n) is 16.5. The summed E-state index contributed by atoms with van der Waals surface area (Å²) in [6.07, 6.45) is 2.99. The first-order chi connectivity index (χ1) is 14.8. The number of nitrogens with zero attached hydrogens (tertiary/aromatic N) is 1. The van der Waals surface area contributed by atoms with E-state index in [0.29, 0.717) is 23.7 Å². The predicted molar refractivity (Wildman–Crippen MR) is 118 cm³/mol. The molecule has 2 amide bonds. The van der Waals surface area contributed by atoms with E-state index in [1.807, 2.05) is 0 Å². The van der Waals surface area contributed by atoms with Gasteiger partial charge in [0.25, 0.3) is 11.8 Å². The predicted octanol–water partition coefficient (Wildman–Crippen LogP) is 2.79. The lowest BCUT2D eigenvalue weighted by Crippen LogP contribution is -2.54. The maximum Gasteiger partial charge on any atom is 0.335 e. The first-order valence-electron chi connectivity index (χ1n) is 9.02. The van der Waals surface area contributed by atoms with E-state index in [0.717, 1.165) is 4.90 Å². The highest BCUT2D eigenvalue weighted by Crippen LogP contribution is 2.30. The molecule has 9 heteroatoms. The van der Waals surface area contributed by atoms with Crippen molar-refractivity contribution in [3.63, 3.8) is 0 Å². The van der Waals surface area contributed by atoms with Gasteiger partial charge in [0.2, 0.25) is 0 Å². The molecule has 3 rings (SSSR count). The number of nitrogens with one attached hydrogen (secondary N) is 1. The first-order valence-corrected chi connectivity index (χ1v) is 9.43. The Balaban J connectivity index is 1.98. The van der Waals surface area contributed by atoms with Crippen LogP contribution in [0.3, 0.4) is 0 Å². The SMILES string of the molecule is C=CCOc1ccc(C=C2C(=O)NC(=S)N(c3cccc(C(=O)O)c3)C2=O)cc1OC. The Hall–Kier alpha value is -3.98. The Bertz CT molecular complexity index is 1120. The van der Waals surface area contributed by atoms with E-state index < -0.39 is 17.8 Å². The molecule has 2 aromatic carbocycles. The molecule has 1 aliphatic heterocycles. The van der Waals surface area contributed by atoms with Crippen LogP contribution in [0.4, 0.5) is 5.69 Å². The van der Waals surface area contributed by atoms with Crippen molar-refractivity contribution in [1.82, 2.24) is 5.32 Å². The van der Waals surface area contributed by atoms with Crippen molar-refractivity contribution < 1.29 is 29.0 Å². The molecule has 2 aromatic rings. The molecule has 1 saturated heterocycles. The average Bonchev–Trinajstić information content (AvgIpc) is 2.75. The number of aromatic carboxylic acids is 1. The lowest BCUT2D eigenvalue weighted by Gasteiger charge is -2.29. The Morgan fingerprint density at radius 3 is 2.68 bits per heavy atom. The minimum atomic E-state index is -1.15. The molecule has 2 N–H and O–H groups in total. The normalized spacial score (nSPS) is 14.9. The monoisotopic (exact) mass is 438 g/mol. The van der Waals surface area contributed by atoms with Gasteiger partial charge >= 0.3 is 5.97 Å². The molecule has 8 nitrogen and oxygen atoms in total. The van der Waals surface area contributed by atoms with Crippen LogP contribution in [0.5, 0.6) is 11.5 Å². The fourth-order valence-electron chi connectivity index (χ4n) is 2.88. The standard InChI is InChI=1S/C22H18N2O6S/c1-3-9-30-17-8-7-13(11-18(17)29-2)10-16-19(25)23-22(31)24(20(16)26)15-6-4-5-14(12-15)21(27)28/h3-8,10-12H,1,9H2,2H3,(H,27,28)(H,23,25,31). The van der Waals surface area contributed by atoms with E-state index in [9.17, 15) is 19.5 Å². The highest BCUT2D eigenvalue weighted by atomic mass is 32.1. The van der Waals surface area contributed by atoms with E-state index in [1.54, 1.807) is 24.3 Å². The number of hydrogen-bond acceptors (Lipinski definition) is 6. The molecule has 0 radical (unpaired) electrons. The number of ether oxygens (including phenoxy) is 2. The largest absolute Gasteiger partial charge is 0.493 e. The molecule has 0 atom stereocenters. The van der Waals surface area contributed by atoms with Crippen LogP contribution < -0.4 is 19.7 Å². The summed E-state index contributed by atoms with van der Waals surface area (Å²) in [5.41, 5.74) is 0.562. The van der Waals surface area contributed by atoms with Gasteiger partial charge in [-0.3, -0.25) is 19.8 Å². The average molecular weight is 438 g/mol. The molecule has 1 aliphatic rings. The zero-order chi connectivity index (χ0) is 22.5. The van der Waals surface area contributed by atoms with Crippen LogP contribution in [0, 0.1) is 0 Å². The van der Waals surface area contributed by atoms with Crippen molar-refractivity contribution in [1.29, 1.82) is 0 Å². The number of rotatable bonds is 7. The highest BCUT2D eigenvalue weighted by Gasteiger charge is 2.34. The molecule has 31 heavy (non-hydrogen) atoms. The second kappa shape index (κ2) is 9.23. The van der Waals surface area contributed by atoms with Crippen molar-refractivity contribution in [2.24, 2.45) is 0 Å². The first kappa shape index (κ1) is 21.7. The fraction of sp³-hybridized carbons (Fsp3) is 0.0909. The van der Waals surface area contributed by atoms with Gasteiger partial charge in [-0.15, -0.1) is 0 Å². The van der Waals surface area contributed by atoms with Gasteiger partial charge in [0.1, 0.15) is 12.2 Å². The second-order valence-electron chi connectivity index (χ2n) is 6.32. The molecule has 1 fully saturated rings. The van der Waals surface area contributed by atoms with Crippen LogP contribution in [0.15, 0.2) is 60.7 Å². The number of benzene rings is 2. The third-order valence-electron chi connectivity index (χ3n) is 4.31. The summed E-state index contributed by atoms with van der Waals surface area (Å²) in [5, 5.41) is 11.5. The molecular weight excluding hydrogens is 420 g/mol. The van der Waals surface area contributed by atoms with Gasteiger partial charge in [-0.1, -0.05) is 24.8 Å². The van der Waals surface area contributed by atoms with Gasteiger partial charge < -0.3 is 14.6 Å². The van der Waals surface area contributed by atoms with Gasteiger partial charge in [-0.2, -0.15) is 0 Å². The van der Waals surface area contributed by atoms with E-state index in [4.69, 9.17) is 21.7 Å². The van der Waals surface area contributed by atoms with Crippen LogP contribution in [-0.4, -0.2) is 41.7 Å². The van der Waals surface area contributed by atoms with E-state index in [2.05, 4.69) is 11.9 Å². The summed E-state index contributed by atoms with van der Waals surface area (Å²) < 4.78 is 10.8. The van der Waals surface area contributed by atoms with Gasteiger partial charge in [0.05, 0.1) is 18.4 Å². The third-order valence-corrected chi connectivity index (χ3v) is 4.59. The molecule has 0 aromatic heterocycles. The fourth-order valence-corrected chi connectivity index (χ4v) is 3.16. The summed E-state index contributed by atoms with van der Waals surface area (Å²) in [5.74, 6) is -1.59. The van der Waals surface area contributed by atoms with Crippen LogP contribution in [0.1, 0.15) is 15.9 Å². The summed E-state index contributed by atoms with van der Waals surface area (Å²) in [7, 11) is 1.47. The minimum Gasteiger partial charge on any atom is -0.493 e. The smallest absolute Gasteiger partial charge is 0.335 e. The number of anilines is 1. The highest BCUT2D eigenvalue weighted by molar-refractivity contribution is 7.80. The van der Waals surface area contributed by atoms with Crippen molar-refractivity contribution >= 4 is 46.9 Å². The quantitative estimate of drug-likeness (QED) is 0.296. The number of hydrogen-bond donors (Lipinski definition) is 2. The number of carboxylic acid groups (broad SMARTS) is 1. The molecule has 0 bridgehead atoms. The van der Waals surface area contributed by atoms with Crippen LogP contribution >= 0.6 is 12.2 Å². The van der Waals surface area contributed by atoms with Crippen LogP contribution in [0.25, 0.3) is 6.08 Å². The molecule has 158 valence electrons. The van der Waals surface area contributed by atoms with Gasteiger partial charge in [-0.25, -0.2) is 4.79 Å². The lowest BCUT2D eigenvalue weighted by atomic mass is 10.1. The van der Waals surface area contributed by atoms with Gasteiger partial charge in [0.15, 0.2) is 16.6 Å². The second-order valence-corrected chi connectivity index (χ2v) is 6.71. The van der Waals surface area contributed by atoms with Gasteiger partial charge in [-0.05, 0) is 54.2 Å². The molecule has 1 heterocycles. The number of carboxylic acids is 1. The van der Waals surface area contributed by atoms with Crippen LogP contribution in [-0.2, 0) is 9.59 Å². The minimum absolute atomic E-state index is 0.0182. The molecule has 0 spiro atoms. The summed E-state index contributed by atoms with van der Waals surface area (Å²) in [6.45, 7) is 3.88. The Kier molecular flexibility index (Phi) is 6.46. The van der Waals surface area contributed by atoms with E-state index in [1.165, 1.54) is 37.5 Å². The van der Waals surface area contributed by atoms with Gasteiger partial charge in [0, 0.05) is 0 Å². The third kappa shape index (κ3) is 4.62. The Morgan fingerprint density at radius 2 is 2.00 bits per heavy atom. The van der Waals surface area contributed by atoms with Crippen molar-refractivity contribution in [2.45, 2.75) is 0 Å².